The molecule has 1 aliphatic carbocycles. The van der Waals surface area contributed by atoms with Gasteiger partial charge >= 0.3 is 0 Å². The van der Waals surface area contributed by atoms with E-state index in [2.05, 4.69) is 5.32 Å². The summed E-state index contributed by atoms with van der Waals surface area (Å²) in [6.07, 6.45) is 6.17. The van der Waals surface area contributed by atoms with Gasteiger partial charge in [0.25, 0.3) is 0 Å². The summed E-state index contributed by atoms with van der Waals surface area (Å²) in [5, 5.41) is 3.31. The molecule has 2 aromatic carbocycles. The van der Waals surface area contributed by atoms with Crippen LogP contribution < -0.4 is 14.4 Å². The average molecular weight is 550 g/mol. The van der Waals surface area contributed by atoms with Gasteiger partial charge in [-0.15, -0.1) is 0 Å². The van der Waals surface area contributed by atoms with Crippen LogP contribution in [-0.4, -0.2) is 57.1 Å². The van der Waals surface area contributed by atoms with Crippen molar-refractivity contribution in [2.75, 3.05) is 24.2 Å². The van der Waals surface area contributed by atoms with Gasteiger partial charge in [-0.1, -0.05) is 60.7 Å². The van der Waals surface area contributed by atoms with E-state index in [0.717, 1.165) is 53.8 Å². The van der Waals surface area contributed by atoms with Gasteiger partial charge in [-0.25, -0.2) is 8.42 Å². The Morgan fingerprint density at radius 2 is 1.76 bits per heavy atom. The Kier molecular flexibility index (Phi) is 9.84. The molecule has 0 radical (unpaired) electrons. The number of amides is 2. The van der Waals surface area contributed by atoms with E-state index in [9.17, 15) is 18.0 Å². The lowest BCUT2D eigenvalue weighted by molar-refractivity contribution is -0.139. The lowest BCUT2D eigenvalue weighted by Gasteiger charge is -2.33. The summed E-state index contributed by atoms with van der Waals surface area (Å²) >= 11 is 6.23. The standard InChI is InChI=1S/C27H36ClN3O5S/c1-19-10-12-21(13-11-19)17-30(20(2)27(33)29-22-8-6-5-7-9-22)26(32)18-31(37(4,34)35)23-14-15-25(36-3)24(28)16-23/h10-16,20,22H,5-9,17-18H2,1-4H3,(H,29,33)/t20-/m1/s1. The number of methoxy groups -OCH3 is 1. The summed E-state index contributed by atoms with van der Waals surface area (Å²) in [5.74, 6) is -0.353. The number of carbonyl (C=O) groups is 2. The summed E-state index contributed by atoms with van der Waals surface area (Å²) < 4.78 is 31.6. The van der Waals surface area contributed by atoms with E-state index in [1.807, 2.05) is 31.2 Å². The minimum atomic E-state index is -3.84. The van der Waals surface area contributed by atoms with Crippen molar-refractivity contribution in [3.8, 4) is 5.75 Å². The van der Waals surface area contributed by atoms with E-state index in [1.54, 1.807) is 13.0 Å². The third-order valence-electron chi connectivity index (χ3n) is 6.69. The maximum absolute atomic E-state index is 13.7. The van der Waals surface area contributed by atoms with Crippen LogP contribution in [0.1, 0.15) is 50.2 Å². The summed E-state index contributed by atoms with van der Waals surface area (Å²) in [4.78, 5) is 28.3. The number of sulfonamides is 1. The van der Waals surface area contributed by atoms with Crippen LogP contribution in [0.15, 0.2) is 42.5 Å². The molecule has 1 atom stereocenters. The molecule has 0 bridgehead atoms. The van der Waals surface area contributed by atoms with Gasteiger partial charge in [0, 0.05) is 12.6 Å². The van der Waals surface area contributed by atoms with Crippen LogP contribution in [-0.2, 0) is 26.2 Å². The first-order valence-electron chi connectivity index (χ1n) is 12.5. The predicted octanol–water partition coefficient (Wildman–Crippen LogP) is 4.29. The molecule has 0 unspecified atom stereocenters. The number of benzene rings is 2. The number of nitrogens with one attached hydrogen (secondary N) is 1. The van der Waals surface area contributed by atoms with Gasteiger partial charge in [0.1, 0.15) is 18.3 Å². The van der Waals surface area contributed by atoms with Crippen molar-refractivity contribution in [1.29, 1.82) is 0 Å². The predicted molar refractivity (Wildman–Crippen MR) is 146 cm³/mol. The maximum Gasteiger partial charge on any atom is 0.244 e. The normalized spacial score (nSPS) is 15.1. The second-order valence-corrected chi connectivity index (χ2v) is 11.9. The van der Waals surface area contributed by atoms with Gasteiger partial charge in [0.05, 0.1) is 24.1 Å². The van der Waals surface area contributed by atoms with Crippen LogP contribution in [0.25, 0.3) is 0 Å². The van der Waals surface area contributed by atoms with Crippen LogP contribution >= 0.6 is 11.6 Å². The van der Waals surface area contributed by atoms with Gasteiger partial charge in [0.15, 0.2) is 0 Å². The Hall–Kier alpha value is -2.78. The second kappa shape index (κ2) is 12.6. The quantitative estimate of drug-likeness (QED) is 0.477. The zero-order chi connectivity index (χ0) is 27.2. The van der Waals surface area contributed by atoms with E-state index in [4.69, 9.17) is 16.3 Å². The van der Waals surface area contributed by atoms with Crippen molar-refractivity contribution in [1.82, 2.24) is 10.2 Å². The number of ether oxygens (including phenoxy) is 1. The largest absolute Gasteiger partial charge is 0.495 e. The third-order valence-corrected chi connectivity index (χ3v) is 8.13. The van der Waals surface area contributed by atoms with Crippen molar-refractivity contribution in [2.45, 2.75) is 64.6 Å². The molecule has 1 fully saturated rings. The number of hydrogen-bond acceptors (Lipinski definition) is 5. The summed E-state index contributed by atoms with van der Waals surface area (Å²) in [6, 6.07) is 11.5. The van der Waals surface area contributed by atoms with Crippen molar-refractivity contribution >= 4 is 39.1 Å². The van der Waals surface area contributed by atoms with Gasteiger partial charge < -0.3 is 15.0 Å². The number of anilines is 1. The Balaban J connectivity index is 1.88. The molecule has 1 N–H and O–H groups in total. The van der Waals surface area contributed by atoms with E-state index < -0.39 is 28.5 Å². The van der Waals surface area contributed by atoms with E-state index in [0.29, 0.717) is 5.75 Å². The maximum atomic E-state index is 13.7. The molecule has 2 aromatic rings. The molecule has 37 heavy (non-hydrogen) atoms. The molecule has 0 aromatic heterocycles. The molecule has 1 saturated carbocycles. The zero-order valence-electron chi connectivity index (χ0n) is 21.9. The minimum absolute atomic E-state index is 0.0917. The second-order valence-electron chi connectivity index (χ2n) is 9.62. The number of hydrogen-bond donors (Lipinski definition) is 1. The van der Waals surface area contributed by atoms with Gasteiger partial charge in [-0.2, -0.15) is 0 Å². The van der Waals surface area contributed by atoms with E-state index in [1.165, 1.54) is 24.1 Å². The molecule has 0 heterocycles. The lowest BCUT2D eigenvalue weighted by Crippen LogP contribution is -2.52. The number of nitrogens with zero attached hydrogens (tertiary/aromatic N) is 2. The van der Waals surface area contributed by atoms with Gasteiger partial charge in [-0.3, -0.25) is 13.9 Å². The molecule has 0 saturated heterocycles. The fourth-order valence-corrected chi connectivity index (χ4v) is 5.56. The summed E-state index contributed by atoms with van der Waals surface area (Å²) in [7, 11) is -2.38. The smallest absolute Gasteiger partial charge is 0.244 e. The minimum Gasteiger partial charge on any atom is -0.495 e. The Morgan fingerprint density at radius 1 is 1.11 bits per heavy atom. The lowest BCUT2D eigenvalue weighted by atomic mass is 9.95. The fraction of sp³-hybridized carbons (Fsp3) is 0.481. The molecular weight excluding hydrogens is 514 g/mol. The van der Waals surface area contributed by atoms with Crippen LogP contribution in [0.3, 0.4) is 0 Å². The first-order chi connectivity index (χ1) is 17.5. The number of aryl methyl sites for hydroxylation is 1. The molecular formula is C27H36ClN3O5S. The van der Waals surface area contributed by atoms with E-state index >= 15 is 0 Å². The molecule has 3 rings (SSSR count). The van der Waals surface area contributed by atoms with Gasteiger partial charge in [0.2, 0.25) is 21.8 Å². The van der Waals surface area contributed by atoms with Crippen molar-refractivity contribution < 1.29 is 22.7 Å². The van der Waals surface area contributed by atoms with E-state index in [-0.39, 0.29) is 29.2 Å². The monoisotopic (exact) mass is 549 g/mol. The van der Waals surface area contributed by atoms with Crippen LogP contribution in [0, 0.1) is 6.92 Å². The first kappa shape index (κ1) is 28.8. The highest BCUT2D eigenvalue weighted by Crippen LogP contribution is 2.30. The number of rotatable bonds is 10. The molecule has 2 amide bonds. The van der Waals surface area contributed by atoms with Crippen LogP contribution in [0.2, 0.25) is 5.02 Å². The average Bonchev–Trinajstić information content (AvgIpc) is 2.86. The highest BCUT2D eigenvalue weighted by Gasteiger charge is 2.31. The topological polar surface area (TPSA) is 96.0 Å². The van der Waals surface area contributed by atoms with Crippen molar-refractivity contribution in [3.63, 3.8) is 0 Å². The zero-order valence-corrected chi connectivity index (χ0v) is 23.4. The van der Waals surface area contributed by atoms with Crippen LogP contribution in [0.4, 0.5) is 5.69 Å². The molecule has 0 aliphatic heterocycles. The number of carbonyl (C=O) groups excluding carboxylic acids is 2. The molecule has 0 spiro atoms. The Morgan fingerprint density at radius 3 is 2.32 bits per heavy atom. The Bertz CT molecular complexity index is 1200. The SMILES string of the molecule is COc1ccc(N(CC(=O)N(Cc2ccc(C)cc2)[C@H](C)C(=O)NC2CCCCC2)S(C)(=O)=O)cc1Cl. The fourth-order valence-electron chi connectivity index (χ4n) is 4.47. The molecule has 1 aliphatic rings. The van der Waals surface area contributed by atoms with Crippen molar-refractivity contribution in [3.05, 3.63) is 58.6 Å². The molecule has 202 valence electrons. The Labute approximate surface area is 225 Å². The highest BCUT2D eigenvalue weighted by atomic mass is 35.5. The highest BCUT2D eigenvalue weighted by molar-refractivity contribution is 7.92. The molecule has 8 nitrogen and oxygen atoms in total. The molecule has 10 heteroatoms. The van der Waals surface area contributed by atoms with Gasteiger partial charge in [-0.05, 0) is 50.5 Å². The summed E-state index contributed by atoms with van der Waals surface area (Å²) in [6.45, 7) is 3.34. The summed E-state index contributed by atoms with van der Waals surface area (Å²) in [5.41, 5.74) is 2.15. The van der Waals surface area contributed by atoms with Crippen molar-refractivity contribution in [2.24, 2.45) is 0 Å². The first-order valence-corrected chi connectivity index (χ1v) is 14.7. The van der Waals surface area contributed by atoms with Crippen LogP contribution in [0.5, 0.6) is 5.75 Å². The number of halogens is 1. The third kappa shape index (κ3) is 7.85.